The maximum absolute atomic E-state index is 5.76. The number of rotatable bonds is 4. The van der Waals surface area contributed by atoms with Crippen molar-refractivity contribution in [2.45, 2.75) is 26.3 Å². The van der Waals surface area contributed by atoms with Crippen molar-refractivity contribution >= 4 is 15.9 Å². The standard InChI is InChI=1S/C14H18BrN3O/c1-8(2)9-4-5-12(19-3)10(6-9)13-11(7-16)17-14(15)18-13/h4-6,8H,7,16H2,1-3H3,(H,17,18). The maximum atomic E-state index is 5.76. The van der Waals surface area contributed by atoms with E-state index in [1.54, 1.807) is 7.11 Å². The van der Waals surface area contributed by atoms with Crippen molar-refractivity contribution in [3.63, 3.8) is 0 Å². The minimum Gasteiger partial charge on any atom is -0.496 e. The number of aromatic amines is 1. The van der Waals surface area contributed by atoms with E-state index in [1.165, 1.54) is 5.56 Å². The number of methoxy groups -OCH3 is 1. The van der Waals surface area contributed by atoms with Crippen molar-refractivity contribution in [2.24, 2.45) is 5.73 Å². The molecule has 1 aromatic carbocycles. The molecular weight excluding hydrogens is 306 g/mol. The van der Waals surface area contributed by atoms with Gasteiger partial charge in [-0.3, -0.25) is 0 Å². The van der Waals surface area contributed by atoms with Gasteiger partial charge < -0.3 is 15.5 Å². The van der Waals surface area contributed by atoms with Crippen LogP contribution in [0.4, 0.5) is 0 Å². The first-order chi connectivity index (χ1) is 9.06. The molecule has 0 spiro atoms. The van der Waals surface area contributed by atoms with Gasteiger partial charge in [0.1, 0.15) is 5.75 Å². The average molecular weight is 324 g/mol. The molecular formula is C14H18BrN3O. The molecule has 0 unspecified atom stereocenters. The van der Waals surface area contributed by atoms with Crippen LogP contribution in [0.2, 0.25) is 0 Å². The van der Waals surface area contributed by atoms with Crippen molar-refractivity contribution in [1.29, 1.82) is 0 Å². The smallest absolute Gasteiger partial charge is 0.175 e. The summed E-state index contributed by atoms with van der Waals surface area (Å²) in [6.45, 7) is 4.73. The van der Waals surface area contributed by atoms with Crippen LogP contribution in [-0.2, 0) is 6.54 Å². The van der Waals surface area contributed by atoms with E-state index in [1.807, 2.05) is 6.07 Å². The molecule has 4 nitrogen and oxygen atoms in total. The molecule has 0 bridgehead atoms. The highest BCUT2D eigenvalue weighted by molar-refractivity contribution is 9.10. The highest BCUT2D eigenvalue weighted by atomic mass is 79.9. The third-order valence-electron chi connectivity index (χ3n) is 3.10. The van der Waals surface area contributed by atoms with Gasteiger partial charge in [-0.05, 0) is 39.5 Å². The molecule has 0 aliphatic carbocycles. The molecule has 0 saturated carbocycles. The number of imidazole rings is 1. The quantitative estimate of drug-likeness (QED) is 0.906. The first kappa shape index (κ1) is 14.1. The molecule has 0 aliphatic rings. The number of ether oxygens (including phenoxy) is 1. The first-order valence-corrected chi connectivity index (χ1v) is 6.98. The van der Waals surface area contributed by atoms with Crippen LogP contribution in [-0.4, -0.2) is 17.1 Å². The van der Waals surface area contributed by atoms with E-state index in [0.29, 0.717) is 17.2 Å². The molecule has 0 fully saturated rings. The molecule has 2 aromatic rings. The Hall–Kier alpha value is -1.33. The third kappa shape index (κ3) is 2.82. The summed E-state index contributed by atoms with van der Waals surface area (Å²) in [4.78, 5) is 7.58. The zero-order chi connectivity index (χ0) is 14.0. The van der Waals surface area contributed by atoms with Crippen LogP contribution in [0, 0.1) is 0 Å². The van der Waals surface area contributed by atoms with E-state index in [-0.39, 0.29) is 0 Å². The summed E-state index contributed by atoms with van der Waals surface area (Å²) in [7, 11) is 1.66. The lowest BCUT2D eigenvalue weighted by Gasteiger charge is -2.12. The van der Waals surface area contributed by atoms with Crippen LogP contribution in [0.5, 0.6) is 5.75 Å². The zero-order valence-electron chi connectivity index (χ0n) is 11.3. The van der Waals surface area contributed by atoms with Gasteiger partial charge in [-0.2, -0.15) is 0 Å². The van der Waals surface area contributed by atoms with E-state index >= 15 is 0 Å². The predicted octanol–water partition coefficient (Wildman–Crippen LogP) is 3.43. The van der Waals surface area contributed by atoms with Gasteiger partial charge in [0, 0.05) is 12.1 Å². The molecule has 3 N–H and O–H groups in total. The van der Waals surface area contributed by atoms with Gasteiger partial charge in [0.25, 0.3) is 0 Å². The largest absolute Gasteiger partial charge is 0.496 e. The molecule has 102 valence electrons. The van der Waals surface area contributed by atoms with Crippen LogP contribution < -0.4 is 10.5 Å². The summed E-state index contributed by atoms with van der Waals surface area (Å²) < 4.78 is 6.11. The lowest BCUT2D eigenvalue weighted by molar-refractivity contribution is 0.416. The molecule has 0 aliphatic heterocycles. The number of aromatic nitrogens is 2. The number of hydrogen-bond donors (Lipinski definition) is 2. The molecule has 0 atom stereocenters. The van der Waals surface area contributed by atoms with Crippen LogP contribution >= 0.6 is 15.9 Å². The van der Waals surface area contributed by atoms with Crippen LogP contribution in [0.25, 0.3) is 11.3 Å². The Kier molecular flexibility index (Phi) is 4.27. The number of benzene rings is 1. The molecule has 1 heterocycles. The molecule has 5 heteroatoms. The van der Waals surface area contributed by atoms with Crippen LogP contribution in [0.15, 0.2) is 22.9 Å². The third-order valence-corrected chi connectivity index (χ3v) is 3.47. The second kappa shape index (κ2) is 5.75. The van der Waals surface area contributed by atoms with E-state index in [2.05, 4.69) is 51.9 Å². The molecule has 0 amide bonds. The number of nitrogens with zero attached hydrogens (tertiary/aromatic N) is 1. The highest BCUT2D eigenvalue weighted by Gasteiger charge is 2.15. The van der Waals surface area contributed by atoms with Crippen molar-refractivity contribution < 1.29 is 4.74 Å². The maximum Gasteiger partial charge on any atom is 0.175 e. The summed E-state index contributed by atoms with van der Waals surface area (Å²) in [5, 5.41) is 0. The van der Waals surface area contributed by atoms with Crippen molar-refractivity contribution in [3.8, 4) is 17.0 Å². The van der Waals surface area contributed by atoms with E-state index in [9.17, 15) is 0 Å². The fourth-order valence-electron chi connectivity index (χ4n) is 2.02. The number of halogens is 1. The van der Waals surface area contributed by atoms with Crippen LogP contribution in [0.1, 0.15) is 31.0 Å². The molecule has 0 radical (unpaired) electrons. The Labute approximate surface area is 121 Å². The van der Waals surface area contributed by atoms with E-state index < -0.39 is 0 Å². The lowest BCUT2D eigenvalue weighted by atomic mass is 9.98. The Morgan fingerprint density at radius 1 is 1.42 bits per heavy atom. The number of nitrogens with two attached hydrogens (primary N) is 1. The monoisotopic (exact) mass is 323 g/mol. The second-order valence-corrected chi connectivity index (χ2v) is 5.42. The Morgan fingerprint density at radius 2 is 2.16 bits per heavy atom. The van der Waals surface area contributed by atoms with Gasteiger partial charge in [-0.1, -0.05) is 19.9 Å². The summed E-state index contributed by atoms with van der Waals surface area (Å²) in [6.07, 6.45) is 0. The van der Waals surface area contributed by atoms with Gasteiger partial charge in [0.05, 0.1) is 18.5 Å². The van der Waals surface area contributed by atoms with Gasteiger partial charge in [0.15, 0.2) is 4.73 Å². The minimum absolute atomic E-state index is 0.406. The van der Waals surface area contributed by atoms with Crippen molar-refractivity contribution in [2.75, 3.05) is 7.11 Å². The Bertz CT molecular complexity index is 578. The van der Waals surface area contributed by atoms with Gasteiger partial charge in [-0.25, -0.2) is 4.98 Å². The summed E-state index contributed by atoms with van der Waals surface area (Å²) in [5.74, 6) is 1.26. The average Bonchev–Trinajstić information content (AvgIpc) is 2.78. The zero-order valence-corrected chi connectivity index (χ0v) is 12.9. The fraction of sp³-hybridized carbons (Fsp3) is 0.357. The Balaban J connectivity index is 2.61. The lowest BCUT2D eigenvalue weighted by Crippen LogP contribution is -2.00. The summed E-state index contributed by atoms with van der Waals surface area (Å²) >= 11 is 3.35. The second-order valence-electron chi connectivity index (χ2n) is 4.67. The molecule has 0 saturated heterocycles. The molecule has 2 rings (SSSR count). The van der Waals surface area contributed by atoms with Gasteiger partial charge in [0.2, 0.25) is 0 Å². The molecule has 19 heavy (non-hydrogen) atoms. The van der Waals surface area contributed by atoms with Crippen molar-refractivity contribution in [1.82, 2.24) is 9.97 Å². The van der Waals surface area contributed by atoms with Crippen molar-refractivity contribution in [3.05, 3.63) is 34.2 Å². The SMILES string of the molecule is COc1ccc(C(C)C)cc1-c1nc(Br)[nH]c1CN. The normalized spacial score (nSPS) is 11.1. The highest BCUT2D eigenvalue weighted by Crippen LogP contribution is 2.34. The van der Waals surface area contributed by atoms with E-state index in [4.69, 9.17) is 10.5 Å². The first-order valence-electron chi connectivity index (χ1n) is 6.19. The summed E-state index contributed by atoms with van der Waals surface area (Å²) in [6, 6.07) is 6.18. The molecule has 1 aromatic heterocycles. The van der Waals surface area contributed by atoms with E-state index in [0.717, 1.165) is 22.7 Å². The number of nitrogens with one attached hydrogen (secondary N) is 1. The van der Waals surface area contributed by atoms with Gasteiger partial charge in [-0.15, -0.1) is 0 Å². The number of hydrogen-bond acceptors (Lipinski definition) is 3. The minimum atomic E-state index is 0.406. The predicted molar refractivity (Wildman–Crippen MR) is 80.3 cm³/mol. The number of H-pyrrole nitrogens is 1. The Morgan fingerprint density at radius 3 is 2.74 bits per heavy atom. The van der Waals surface area contributed by atoms with Crippen LogP contribution in [0.3, 0.4) is 0 Å². The fourth-order valence-corrected chi connectivity index (χ4v) is 2.43. The summed E-state index contributed by atoms with van der Waals surface area (Å²) in [5.41, 5.74) is 9.71. The topological polar surface area (TPSA) is 63.9 Å². The van der Waals surface area contributed by atoms with Gasteiger partial charge >= 0.3 is 0 Å².